The second-order valence-electron chi connectivity index (χ2n) is 3.16. The normalized spacial score (nSPS) is 31.5. The summed E-state index contributed by atoms with van der Waals surface area (Å²) >= 11 is 5.12. The Morgan fingerprint density at radius 2 is 2.09 bits per heavy atom. The minimum Gasteiger partial charge on any atom is -0.450 e. The molecule has 2 nitrogen and oxygen atoms in total. The van der Waals surface area contributed by atoms with Crippen LogP contribution in [0.4, 0.5) is 4.79 Å². The summed E-state index contributed by atoms with van der Waals surface area (Å²) in [6.45, 7) is 2.10. The topological polar surface area (TPSA) is 26.3 Å². The van der Waals surface area contributed by atoms with Gasteiger partial charge in [0.05, 0.1) is 0 Å². The lowest BCUT2D eigenvalue weighted by Gasteiger charge is -2.27. The number of hydrogen-bond acceptors (Lipinski definition) is 2. The van der Waals surface area contributed by atoms with Crippen molar-refractivity contribution in [1.29, 1.82) is 0 Å². The first-order chi connectivity index (χ1) is 5.20. The zero-order chi connectivity index (χ0) is 8.27. The van der Waals surface area contributed by atoms with Gasteiger partial charge in [-0.25, -0.2) is 4.79 Å². The molecule has 1 aliphatic carbocycles. The molecule has 0 aromatic carbocycles. The zero-order valence-corrected chi connectivity index (χ0v) is 7.43. The first kappa shape index (κ1) is 8.85. The van der Waals surface area contributed by atoms with Crippen LogP contribution in [0, 0.1) is 5.92 Å². The van der Waals surface area contributed by atoms with Gasteiger partial charge in [0.25, 0.3) is 0 Å². The smallest absolute Gasteiger partial charge is 0.404 e. The van der Waals surface area contributed by atoms with Gasteiger partial charge in [-0.1, -0.05) is 13.3 Å². The number of carbonyl (C=O) groups is 1. The number of ether oxygens (including phenoxy) is 1. The molecule has 0 unspecified atom stereocenters. The summed E-state index contributed by atoms with van der Waals surface area (Å²) in [5.74, 6) is 0.478. The van der Waals surface area contributed by atoms with Crippen molar-refractivity contribution in [3.8, 4) is 0 Å². The first-order valence-corrected chi connectivity index (χ1v) is 4.44. The number of hydrogen-bond donors (Lipinski definition) is 0. The molecule has 0 spiro atoms. The van der Waals surface area contributed by atoms with E-state index in [4.69, 9.17) is 16.3 Å². The van der Waals surface area contributed by atoms with Gasteiger partial charge >= 0.3 is 5.43 Å². The van der Waals surface area contributed by atoms with Crippen LogP contribution < -0.4 is 0 Å². The molecule has 1 aliphatic rings. The van der Waals surface area contributed by atoms with E-state index in [0.29, 0.717) is 5.92 Å². The molecule has 1 saturated carbocycles. The second kappa shape index (κ2) is 3.96. The molecule has 2 atom stereocenters. The van der Waals surface area contributed by atoms with Crippen LogP contribution in [0.3, 0.4) is 0 Å². The van der Waals surface area contributed by atoms with Crippen LogP contribution in [0.2, 0.25) is 0 Å². The Kier molecular flexibility index (Phi) is 3.18. The van der Waals surface area contributed by atoms with E-state index < -0.39 is 5.43 Å². The molecule has 0 aromatic heterocycles. The van der Waals surface area contributed by atoms with Gasteiger partial charge in [-0.05, 0) is 25.2 Å². The van der Waals surface area contributed by atoms with Crippen molar-refractivity contribution < 1.29 is 9.53 Å². The molecule has 0 bridgehead atoms. The van der Waals surface area contributed by atoms with E-state index in [9.17, 15) is 4.79 Å². The van der Waals surface area contributed by atoms with Crippen LogP contribution >= 0.6 is 11.6 Å². The average molecular weight is 177 g/mol. The van der Waals surface area contributed by atoms with Crippen LogP contribution in [0.15, 0.2) is 0 Å². The van der Waals surface area contributed by atoms with Crippen LogP contribution in [-0.2, 0) is 4.74 Å². The Balaban J connectivity index is 2.35. The van der Waals surface area contributed by atoms with Crippen molar-refractivity contribution in [2.24, 2.45) is 5.92 Å². The van der Waals surface area contributed by atoms with Gasteiger partial charge in [-0.15, -0.1) is 0 Å². The largest absolute Gasteiger partial charge is 0.450 e. The molecule has 11 heavy (non-hydrogen) atoms. The van der Waals surface area contributed by atoms with Gasteiger partial charge < -0.3 is 4.74 Å². The number of carbonyl (C=O) groups excluding carboxylic acids is 1. The molecule has 0 aromatic rings. The fourth-order valence-electron chi connectivity index (χ4n) is 1.58. The SMILES string of the molecule is C[C@@H]1CCCC[C@@H]1OC(=O)Cl. The van der Waals surface area contributed by atoms with E-state index in [2.05, 4.69) is 6.92 Å². The molecule has 0 saturated heterocycles. The van der Waals surface area contributed by atoms with Crippen LogP contribution in [-0.4, -0.2) is 11.5 Å². The van der Waals surface area contributed by atoms with Gasteiger partial charge in [0.15, 0.2) is 0 Å². The molecule has 0 aliphatic heterocycles. The third kappa shape index (κ3) is 2.70. The third-order valence-corrected chi connectivity index (χ3v) is 2.37. The van der Waals surface area contributed by atoms with Crippen molar-refractivity contribution in [3.05, 3.63) is 0 Å². The number of halogens is 1. The van der Waals surface area contributed by atoms with Gasteiger partial charge in [-0.3, -0.25) is 0 Å². The Labute approximate surface area is 71.9 Å². The van der Waals surface area contributed by atoms with E-state index in [-0.39, 0.29) is 6.10 Å². The summed E-state index contributed by atoms with van der Waals surface area (Å²) in [5, 5.41) is 0. The maximum atomic E-state index is 10.4. The predicted octanol–water partition coefficient (Wildman–Crippen LogP) is 2.94. The molecule has 1 rings (SSSR count). The Bertz CT molecular complexity index is 147. The van der Waals surface area contributed by atoms with Crippen LogP contribution in [0.1, 0.15) is 32.6 Å². The van der Waals surface area contributed by atoms with E-state index in [1.807, 2.05) is 0 Å². The van der Waals surface area contributed by atoms with E-state index in [1.165, 1.54) is 6.42 Å². The van der Waals surface area contributed by atoms with Crippen molar-refractivity contribution in [1.82, 2.24) is 0 Å². The van der Waals surface area contributed by atoms with Gasteiger partial charge in [-0.2, -0.15) is 0 Å². The first-order valence-electron chi connectivity index (χ1n) is 4.06. The lowest BCUT2D eigenvalue weighted by molar-refractivity contribution is 0.0597. The summed E-state index contributed by atoms with van der Waals surface area (Å²) in [5.41, 5.74) is -0.663. The monoisotopic (exact) mass is 176 g/mol. The quantitative estimate of drug-likeness (QED) is 0.575. The van der Waals surface area contributed by atoms with Gasteiger partial charge in [0.1, 0.15) is 6.10 Å². The van der Waals surface area contributed by atoms with E-state index in [0.717, 1.165) is 19.3 Å². The molecule has 0 radical (unpaired) electrons. The molecule has 0 N–H and O–H groups in total. The molecule has 0 heterocycles. The second-order valence-corrected chi connectivity index (χ2v) is 3.46. The Morgan fingerprint density at radius 1 is 1.45 bits per heavy atom. The summed E-state index contributed by atoms with van der Waals surface area (Å²) in [4.78, 5) is 10.4. The average Bonchev–Trinajstić information content (AvgIpc) is 1.93. The van der Waals surface area contributed by atoms with Crippen molar-refractivity contribution >= 4 is 17.0 Å². The van der Waals surface area contributed by atoms with Crippen molar-refractivity contribution in [2.75, 3.05) is 0 Å². The molecule has 3 heteroatoms. The zero-order valence-electron chi connectivity index (χ0n) is 6.68. The summed E-state index contributed by atoms with van der Waals surface area (Å²) in [6, 6.07) is 0. The lowest BCUT2D eigenvalue weighted by atomic mass is 9.88. The third-order valence-electron chi connectivity index (χ3n) is 2.28. The Morgan fingerprint density at radius 3 is 2.64 bits per heavy atom. The van der Waals surface area contributed by atoms with Crippen molar-refractivity contribution in [2.45, 2.75) is 38.7 Å². The minimum atomic E-state index is -0.663. The molecular weight excluding hydrogens is 164 g/mol. The standard InChI is InChI=1S/C8H13ClO2/c1-6-4-2-3-5-7(6)11-8(9)10/h6-7H,2-5H2,1H3/t6-,7+/m1/s1. The fourth-order valence-corrected chi connectivity index (χ4v) is 1.69. The van der Waals surface area contributed by atoms with Gasteiger partial charge in [0, 0.05) is 11.6 Å². The van der Waals surface area contributed by atoms with Crippen LogP contribution in [0.5, 0.6) is 0 Å². The Hall–Kier alpha value is -0.240. The highest BCUT2D eigenvalue weighted by atomic mass is 35.5. The molecule has 1 fully saturated rings. The van der Waals surface area contributed by atoms with Crippen LogP contribution in [0.25, 0.3) is 0 Å². The van der Waals surface area contributed by atoms with E-state index in [1.54, 1.807) is 0 Å². The van der Waals surface area contributed by atoms with E-state index >= 15 is 0 Å². The number of rotatable bonds is 1. The maximum absolute atomic E-state index is 10.4. The highest BCUT2D eigenvalue weighted by Crippen LogP contribution is 2.26. The van der Waals surface area contributed by atoms with Gasteiger partial charge in [0.2, 0.25) is 0 Å². The van der Waals surface area contributed by atoms with Crippen molar-refractivity contribution in [3.63, 3.8) is 0 Å². The predicted molar refractivity (Wildman–Crippen MR) is 43.8 cm³/mol. The maximum Gasteiger partial charge on any atom is 0.404 e. The summed E-state index contributed by atoms with van der Waals surface area (Å²) in [7, 11) is 0. The summed E-state index contributed by atoms with van der Waals surface area (Å²) < 4.78 is 4.93. The summed E-state index contributed by atoms with van der Waals surface area (Å²) in [6.07, 6.45) is 4.58. The highest BCUT2D eigenvalue weighted by Gasteiger charge is 2.23. The molecule has 0 amide bonds. The highest BCUT2D eigenvalue weighted by molar-refractivity contribution is 6.61. The molecule has 64 valence electrons. The lowest BCUT2D eigenvalue weighted by Crippen LogP contribution is -2.26. The fraction of sp³-hybridized carbons (Fsp3) is 0.875. The minimum absolute atomic E-state index is 0.0637. The molecular formula is C8H13ClO2.